The second-order valence-electron chi connectivity index (χ2n) is 7.51. The topological polar surface area (TPSA) is 95.6 Å². The molecule has 1 aliphatic heterocycles. The Balaban J connectivity index is 1.43. The third-order valence-corrected chi connectivity index (χ3v) is 6.54. The van der Waals surface area contributed by atoms with Crippen LogP contribution in [0.4, 0.5) is 0 Å². The van der Waals surface area contributed by atoms with Crippen LogP contribution >= 0.6 is 0 Å². The lowest BCUT2D eigenvalue weighted by Crippen LogP contribution is -2.38. The van der Waals surface area contributed by atoms with Gasteiger partial charge < -0.3 is 5.32 Å². The van der Waals surface area contributed by atoms with Crippen molar-refractivity contribution in [1.29, 1.82) is 0 Å². The number of sulfonamides is 1. The second-order valence-corrected chi connectivity index (χ2v) is 9.27. The van der Waals surface area contributed by atoms with Gasteiger partial charge in [-0.3, -0.25) is 14.5 Å². The van der Waals surface area contributed by atoms with Gasteiger partial charge in [-0.1, -0.05) is 42.5 Å². The van der Waals surface area contributed by atoms with E-state index in [1.54, 1.807) is 6.07 Å². The number of carbonyl (C=O) groups is 2. The molecule has 1 aliphatic rings. The third kappa shape index (κ3) is 6.22. The summed E-state index contributed by atoms with van der Waals surface area (Å²) in [6.45, 7) is 3.93. The van der Waals surface area contributed by atoms with Crippen LogP contribution in [0.3, 0.4) is 0 Å². The largest absolute Gasteiger partial charge is 0.352 e. The van der Waals surface area contributed by atoms with Crippen LogP contribution in [0.25, 0.3) is 0 Å². The number of amides is 1. The van der Waals surface area contributed by atoms with Crippen molar-refractivity contribution in [2.75, 3.05) is 19.6 Å². The van der Waals surface area contributed by atoms with Crippen molar-refractivity contribution >= 4 is 21.7 Å². The average Bonchev–Trinajstić information content (AvgIpc) is 3.15. The molecule has 1 atom stereocenters. The molecular weight excluding hydrogens is 402 g/mol. The van der Waals surface area contributed by atoms with Crippen LogP contribution in [0.2, 0.25) is 0 Å². The Morgan fingerprint density at radius 1 is 1.10 bits per heavy atom. The highest BCUT2D eigenvalue weighted by Crippen LogP contribution is 2.14. The molecule has 0 aliphatic carbocycles. The number of likely N-dealkylation sites (tertiary alicyclic amines) is 1. The number of hydrogen-bond acceptors (Lipinski definition) is 5. The molecule has 3 rings (SSSR count). The normalized spacial score (nSPS) is 17.0. The molecule has 0 saturated carbocycles. The van der Waals surface area contributed by atoms with Gasteiger partial charge in [-0.05, 0) is 31.0 Å². The van der Waals surface area contributed by atoms with Crippen LogP contribution in [0.1, 0.15) is 35.7 Å². The van der Waals surface area contributed by atoms with E-state index in [1.807, 2.05) is 18.2 Å². The van der Waals surface area contributed by atoms with Crippen molar-refractivity contribution in [2.45, 2.75) is 37.2 Å². The maximum Gasteiger partial charge on any atom is 0.240 e. The smallest absolute Gasteiger partial charge is 0.240 e. The van der Waals surface area contributed by atoms with Crippen molar-refractivity contribution in [3.63, 3.8) is 0 Å². The summed E-state index contributed by atoms with van der Waals surface area (Å²) in [5.41, 5.74) is 1.57. The second kappa shape index (κ2) is 9.97. The van der Waals surface area contributed by atoms with E-state index in [1.165, 1.54) is 30.7 Å². The zero-order valence-corrected chi connectivity index (χ0v) is 17.8. The molecule has 1 amide bonds. The molecule has 1 fully saturated rings. The minimum absolute atomic E-state index is 0.00108. The first-order valence-corrected chi connectivity index (χ1v) is 11.5. The lowest BCUT2D eigenvalue weighted by molar-refractivity contribution is -0.121. The van der Waals surface area contributed by atoms with E-state index in [2.05, 4.69) is 27.1 Å². The highest BCUT2D eigenvalue weighted by atomic mass is 32.2. The lowest BCUT2D eigenvalue weighted by Gasteiger charge is -2.17. The van der Waals surface area contributed by atoms with E-state index in [0.29, 0.717) is 5.56 Å². The Hall–Kier alpha value is -2.55. The van der Waals surface area contributed by atoms with Gasteiger partial charge in [0.25, 0.3) is 0 Å². The number of Topliss-reactive ketones (excluding diaryl/α,β-unsaturated/α-hetero) is 1. The minimum atomic E-state index is -3.77. The van der Waals surface area contributed by atoms with Crippen LogP contribution in [0, 0.1) is 0 Å². The van der Waals surface area contributed by atoms with Gasteiger partial charge in [0.1, 0.15) is 0 Å². The van der Waals surface area contributed by atoms with Crippen molar-refractivity contribution in [1.82, 2.24) is 14.9 Å². The number of carbonyl (C=O) groups excluding carboxylic acids is 2. The van der Waals surface area contributed by atoms with Crippen LogP contribution in [-0.4, -0.2) is 50.7 Å². The Morgan fingerprint density at radius 2 is 1.87 bits per heavy atom. The van der Waals surface area contributed by atoms with Crippen LogP contribution in [0.5, 0.6) is 0 Å². The van der Waals surface area contributed by atoms with Gasteiger partial charge in [-0.25, -0.2) is 13.1 Å². The first-order chi connectivity index (χ1) is 14.3. The first-order valence-electron chi connectivity index (χ1n) is 10.00. The summed E-state index contributed by atoms with van der Waals surface area (Å²) in [7, 11) is -3.77. The number of rotatable bonds is 9. The van der Waals surface area contributed by atoms with Crippen molar-refractivity contribution < 1.29 is 18.0 Å². The first kappa shape index (κ1) is 22.1. The summed E-state index contributed by atoms with van der Waals surface area (Å²) < 4.78 is 27.2. The Kier molecular flexibility index (Phi) is 7.36. The molecule has 0 aromatic heterocycles. The third-order valence-electron chi connectivity index (χ3n) is 5.08. The van der Waals surface area contributed by atoms with Gasteiger partial charge in [0.15, 0.2) is 5.78 Å². The molecule has 0 radical (unpaired) electrons. The van der Waals surface area contributed by atoms with Crippen molar-refractivity contribution in [3.05, 3.63) is 65.7 Å². The van der Waals surface area contributed by atoms with Crippen LogP contribution < -0.4 is 10.0 Å². The van der Waals surface area contributed by atoms with Gasteiger partial charge in [-0.2, -0.15) is 0 Å². The van der Waals surface area contributed by atoms with Gasteiger partial charge in [-0.15, -0.1) is 0 Å². The van der Waals surface area contributed by atoms with Crippen molar-refractivity contribution in [2.24, 2.45) is 0 Å². The molecule has 0 spiro atoms. The quantitative estimate of drug-likeness (QED) is 0.594. The molecule has 1 heterocycles. The zero-order valence-electron chi connectivity index (χ0n) is 17.0. The number of nitrogens with zero attached hydrogens (tertiary/aromatic N) is 1. The Bertz CT molecular complexity index is 992. The van der Waals surface area contributed by atoms with E-state index in [9.17, 15) is 18.0 Å². The predicted molar refractivity (Wildman–Crippen MR) is 115 cm³/mol. The summed E-state index contributed by atoms with van der Waals surface area (Å²) in [6.07, 6.45) is 0.933. The van der Waals surface area contributed by atoms with E-state index < -0.39 is 10.0 Å². The molecule has 2 aromatic rings. The maximum absolute atomic E-state index is 12.4. The van der Waals surface area contributed by atoms with E-state index >= 15 is 0 Å². The Labute approximate surface area is 177 Å². The average molecular weight is 430 g/mol. The monoisotopic (exact) mass is 429 g/mol. The van der Waals surface area contributed by atoms with Gasteiger partial charge >= 0.3 is 0 Å². The van der Waals surface area contributed by atoms with E-state index in [4.69, 9.17) is 0 Å². The highest BCUT2D eigenvalue weighted by Gasteiger charge is 2.24. The van der Waals surface area contributed by atoms with E-state index in [-0.39, 0.29) is 35.6 Å². The minimum Gasteiger partial charge on any atom is -0.352 e. The number of nitrogens with one attached hydrogen (secondary N) is 2. The number of hydrogen-bond donors (Lipinski definition) is 2. The fourth-order valence-corrected chi connectivity index (χ4v) is 4.58. The van der Waals surface area contributed by atoms with Crippen LogP contribution in [-0.2, 0) is 21.4 Å². The molecule has 0 bridgehead atoms. The summed E-state index contributed by atoms with van der Waals surface area (Å²) in [5, 5.41) is 2.98. The fraction of sp³-hybridized carbons (Fsp3) is 0.364. The predicted octanol–water partition coefficient (Wildman–Crippen LogP) is 1.95. The van der Waals surface area contributed by atoms with Gasteiger partial charge in [0, 0.05) is 44.2 Å². The summed E-state index contributed by atoms with van der Waals surface area (Å²) in [5.74, 6) is -0.383. The van der Waals surface area contributed by atoms with E-state index in [0.717, 1.165) is 26.1 Å². The van der Waals surface area contributed by atoms with Gasteiger partial charge in [0.05, 0.1) is 4.90 Å². The molecule has 8 heteroatoms. The summed E-state index contributed by atoms with van der Waals surface area (Å²) in [6, 6.07) is 16.1. The van der Waals surface area contributed by atoms with Crippen molar-refractivity contribution in [3.8, 4) is 0 Å². The molecule has 1 saturated heterocycles. The molecule has 30 heavy (non-hydrogen) atoms. The number of ketones is 1. The molecule has 2 aromatic carbocycles. The number of benzene rings is 2. The molecule has 160 valence electrons. The van der Waals surface area contributed by atoms with Gasteiger partial charge in [0.2, 0.25) is 15.9 Å². The Morgan fingerprint density at radius 3 is 2.60 bits per heavy atom. The molecule has 7 nitrogen and oxygen atoms in total. The summed E-state index contributed by atoms with van der Waals surface area (Å²) in [4.78, 5) is 26.0. The fourth-order valence-electron chi connectivity index (χ4n) is 3.50. The standard InChI is InChI=1S/C22H27N3O4S/c1-17(26)19-8-5-9-21(14-19)30(28,29)23-12-10-22(27)24-20-11-13-25(16-20)15-18-6-3-2-4-7-18/h2-9,14,20,23H,10-13,15-16H2,1H3,(H,24,27). The zero-order chi connectivity index (χ0) is 21.6. The lowest BCUT2D eigenvalue weighted by atomic mass is 10.2. The summed E-state index contributed by atoms with van der Waals surface area (Å²) >= 11 is 0. The molecule has 1 unspecified atom stereocenters. The molecular formula is C22H27N3O4S. The maximum atomic E-state index is 12.4. The SMILES string of the molecule is CC(=O)c1cccc(S(=O)(=O)NCCC(=O)NC2CCN(Cc3ccccc3)C2)c1. The van der Waals surface area contributed by atoms with Crippen LogP contribution in [0.15, 0.2) is 59.5 Å². The highest BCUT2D eigenvalue weighted by molar-refractivity contribution is 7.89. The molecule has 2 N–H and O–H groups in total.